The minimum Gasteiger partial charge on any atom is -0.308 e. The molecular formula is C11H16N4S2. The van der Waals surface area contributed by atoms with Crippen molar-refractivity contribution < 1.29 is 0 Å². The second-order valence-electron chi connectivity index (χ2n) is 3.86. The van der Waals surface area contributed by atoms with E-state index in [0.29, 0.717) is 0 Å². The van der Waals surface area contributed by atoms with Crippen LogP contribution in [-0.2, 0) is 0 Å². The zero-order valence-corrected chi connectivity index (χ0v) is 11.9. The maximum absolute atomic E-state index is 4.24. The summed E-state index contributed by atoms with van der Waals surface area (Å²) in [5.74, 6) is 0. The summed E-state index contributed by atoms with van der Waals surface area (Å²) in [5, 5.41) is 15.0. The molecule has 0 saturated heterocycles. The molecule has 0 amide bonds. The third kappa shape index (κ3) is 3.08. The summed E-state index contributed by atoms with van der Waals surface area (Å²) in [4.78, 5) is 5.34. The van der Waals surface area contributed by atoms with Crippen LogP contribution in [0.4, 0.5) is 0 Å². The highest BCUT2D eigenvalue weighted by molar-refractivity contribution is 7.21. The molecular weight excluding hydrogens is 252 g/mol. The van der Waals surface area contributed by atoms with Gasteiger partial charge in [0, 0.05) is 6.20 Å². The lowest BCUT2D eigenvalue weighted by Gasteiger charge is -2.08. The number of aryl methyl sites for hydroxylation is 1. The third-order valence-corrected chi connectivity index (χ3v) is 4.53. The lowest BCUT2D eigenvalue weighted by molar-refractivity contribution is 0.564. The van der Waals surface area contributed by atoms with Gasteiger partial charge < -0.3 is 5.32 Å². The van der Waals surface area contributed by atoms with Gasteiger partial charge in [0.1, 0.15) is 5.01 Å². The number of nitrogens with zero attached hydrogens (tertiary/aromatic N) is 3. The monoisotopic (exact) mass is 268 g/mol. The Bertz CT molecular complexity index is 477. The molecule has 0 fully saturated rings. The van der Waals surface area contributed by atoms with E-state index < -0.39 is 0 Å². The molecule has 1 atom stereocenters. The van der Waals surface area contributed by atoms with Crippen LogP contribution in [-0.4, -0.2) is 21.7 Å². The maximum atomic E-state index is 4.24. The maximum Gasteiger partial charge on any atom is 0.159 e. The average molecular weight is 268 g/mol. The highest BCUT2D eigenvalue weighted by atomic mass is 32.1. The Morgan fingerprint density at radius 3 is 2.82 bits per heavy atom. The molecule has 0 aliphatic heterocycles. The highest BCUT2D eigenvalue weighted by Crippen LogP contribution is 2.30. The van der Waals surface area contributed by atoms with Crippen LogP contribution in [0, 0.1) is 6.92 Å². The second-order valence-corrected chi connectivity index (χ2v) is 6.11. The van der Waals surface area contributed by atoms with Gasteiger partial charge in [-0.3, -0.25) is 0 Å². The van der Waals surface area contributed by atoms with Crippen molar-refractivity contribution in [2.75, 3.05) is 6.54 Å². The van der Waals surface area contributed by atoms with Crippen molar-refractivity contribution in [3.63, 3.8) is 0 Å². The van der Waals surface area contributed by atoms with Crippen molar-refractivity contribution >= 4 is 22.7 Å². The Kier molecular flexibility index (Phi) is 4.20. The van der Waals surface area contributed by atoms with Gasteiger partial charge in [0.05, 0.1) is 15.9 Å². The molecule has 2 heterocycles. The third-order valence-electron chi connectivity index (χ3n) is 2.34. The van der Waals surface area contributed by atoms with Gasteiger partial charge in [-0.15, -0.1) is 21.5 Å². The van der Waals surface area contributed by atoms with Crippen molar-refractivity contribution in [2.24, 2.45) is 0 Å². The quantitative estimate of drug-likeness (QED) is 0.905. The number of thiazole rings is 1. The first kappa shape index (κ1) is 12.6. The fraction of sp³-hybridized carbons (Fsp3) is 0.545. The van der Waals surface area contributed by atoms with Gasteiger partial charge in [-0.1, -0.05) is 18.3 Å². The van der Waals surface area contributed by atoms with Gasteiger partial charge in [0.15, 0.2) is 5.01 Å². The zero-order chi connectivity index (χ0) is 12.3. The molecule has 0 spiro atoms. The molecule has 0 bridgehead atoms. The van der Waals surface area contributed by atoms with Gasteiger partial charge in [-0.25, -0.2) is 4.98 Å². The highest BCUT2D eigenvalue weighted by Gasteiger charge is 2.13. The summed E-state index contributed by atoms with van der Waals surface area (Å²) in [6.07, 6.45) is 3.00. The predicted octanol–water partition coefficient (Wildman–Crippen LogP) is 3.03. The van der Waals surface area contributed by atoms with Crippen molar-refractivity contribution in [3.8, 4) is 9.88 Å². The number of hydrogen-bond acceptors (Lipinski definition) is 6. The van der Waals surface area contributed by atoms with Gasteiger partial charge in [0.25, 0.3) is 0 Å². The van der Waals surface area contributed by atoms with Gasteiger partial charge in [-0.2, -0.15) is 0 Å². The van der Waals surface area contributed by atoms with Gasteiger partial charge >= 0.3 is 0 Å². The molecule has 1 unspecified atom stereocenters. The number of nitrogens with one attached hydrogen (secondary N) is 1. The van der Waals surface area contributed by atoms with Crippen LogP contribution in [0.5, 0.6) is 0 Å². The molecule has 0 radical (unpaired) electrons. The SMILES string of the molecule is CCCNC(C)c1nnc(-c2cnc(C)s2)s1. The van der Waals surface area contributed by atoms with E-state index in [2.05, 4.69) is 34.3 Å². The van der Waals surface area contributed by atoms with Crippen LogP contribution in [0.1, 0.15) is 36.3 Å². The fourth-order valence-electron chi connectivity index (χ4n) is 1.42. The first-order valence-corrected chi connectivity index (χ1v) is 7.33. The van der Waals surface area contributed by atoms with Gasteiger partial charge in [0.2, 0.25) is 0 Å². The van der Waals surface area contributed by atoms with Crippen molar-refractivity contribution in [2.45, 2.75) is 33.2 Å². The lowest BCUT2D eigenvalue weighted by atomic mass is 10.3. The van der Waals surface area contributed by atoms with E-state index >= 15 is 0 Å². The van der Waals surface area contributed by atoms with Crippen LogP contribution in [0.15, 0.2) is 6.20 Å². The lowest BCUT2D eigenvalue weighted by Crippen LogP contribution is -2.18. The van der Waals surface area contributed by atoms with E-state index in [9.17, 15) is 0 Å². The molecule has 92 valence electrons. The smallest absolute Gasteiger partial charge is 0.159 e. The van der Waals surface area contributed by atoms with Crippen LogP contribution in [0.2, 0.25) is 0 Å². The summed E-state index contributed by atoms with van der Waals surface area (Å²) < 4.78 is 0. The predicted molar refractivity (Wildman–Crippen MR) is 72.5 cm³/mol. The van der Waals surface area contributed by atoms with E-state index in [0.717, 1.165) is 32.9 Å². The van der Waals surface area contributed by atoms with Crippen molar-refractivity contribution in [1.29, 1.82) is 0 Å². The van der Waals surface area contributed by atoms with E-state index in [1.165, 1.54) is 0 Å². The number of hydrogen-bond donors (Lipinski definition) is 1. The minimum atomic E-state index is 0.273. The van der Waals surface area contributed by atoms with Crippen molar-refractivity contribution in [3.05, 3.63) is 16.2 Å². The molecule has 0 aliphatic carbocycles. The molecule has 6 heteroatoms. The Hall–Kier alpha value is -0.850. The molecule has 1 N–H and O–H groups in total. The Balaban J connectivity index is 2.10. The Labute approximate surface area is 109 Å². The summed E-state index contributed by atoms with van der Waals surface area (Å²) in [6, 6.07) is 0.273. The van der Waals surface area contributed by atoms with Crippen LogP contribution in [0.25, 0.3) is 9.88 Å². The Morgan fingerprint density at radius 1 is 1.35 bits per heavy atom. The van der Waals surface area contributed by atoms with Crippen LogP contribution in [0.3, 0.4) is 0 Å². The number of aromatic nitrogens is 3. The molecule has 0 aromatic carbocycles. The molecule has 4 nitrogen and oxygen atoms in total. The molecule has 2 aromatic heterocycles. The standard InChI is InChI=1S/C11H16N4S2/c1-4-5-12-7(2)10-14-15-11(17-10)9-6-13-8(3)16-9/h6-7,12H,4-5H2,1-3H3. The first-order chi connectivity index (χ1) is 8.20. The second kappa shape index (κ2) is 5.66. The summed E-state index contributed by atoms with van der Waals surface area (Å²) in [7, 11) is 0. The molecule has 17 heavy (non-hydrogen) atoms. The number of rotatable bonds is 5. The molecule has 2 rings (SSSR count). The summed E-state index contributed by atoms with van der Waals surface area (Å²) in [5.41, 5.74) is 0. The van der Waals surface area contributed by atoms with Crippen LogP contribution >= 0.6 is 22.7 Å². The minimum absolute atomic E-state index is 0.273. The van der Waals surface area contributed by atoms with Crippen molar-refractivity contribution in [1.82, 2.24) is 20.5 Å². The van der Waals surface area contributed by atoms with E-state index in [4.69, 9.17) is 0 Å². The fourth-order valence-corrected chi connectivity index (χ4v) is 3.10. The first-order valence-electron chi connectivity index (χ1n) is 5.70. The van der Waals surface area contributed by atoms with E-state index in [1.807, 2.05) is 13.1 Å². The molecule has 2 aromatic rings. The molecule has 0 aliphatic rings. The van der Waals surface area contributed by atoms with Crippen LogP contribution < -0.4 is 5.32 Å². The average Bonchev–Trinajstić information content (AvgIpc) is 2.93. The van der Waals surface area contributed by atoms with E-state index in [-0.39, 0.29) is 6.04 Å². The summed E-state index contributed by atoms with van der Waals surface area (Å²) in [6.45, 7) is 7.29. The summed E-state index contributed by atoms with van der Waals surface area (Å²) >= 11 is 3.30. The van der Waals surface area contributed by atoms with Gasteiger partial charge in [-0.05, 0) is 26.8 Å². The normalized spacial score (nSPS) is 12.9. The largest absolute Gasteiger partial charge is 0.308 e. The topological polar surface area (TPSA) is 50.7 Å². The Morgan fingerprint density at radius 2 is 2.18 bits per heavy atom. The van der Waals surface area contributed by atoms with E-state index in [1.54, 1.807) is 22.7 Å². The zero-order valence-electron chi connectivity index (χ0n) is 10.2. The molecule has 0 saturated carbocycles.